The van der Waals surface area contributed by atoms with E-state index in [2.05, 4.69) is 15.3 Å². The molecule has 1 aliphatic carbocycles. The van der Waals surface area contributed by atoms with E-state index in [1.165, 1.54) is 0 Å². The minimum absolute atomic E-state index is 0.269. The number of nitrogens with one attached hydrogen (secondary N) is 1. The number of aromatic nitrogens is 3. The number of benzene rings is 1. The van der Waals surface area contributed by atoms with Gasteiger partial charge in [-0.15, -0.1) is 11.3 Å². The molecule has 2 heterocycles. The van der Waals surface area contributed by atoms with Crippen LogP contribution in [0, 0.1) is 12.8 Å². The minimum atomic E-state index is -1.11. The fraction of sp³-hybridized carbons (Fsp3) is 0.522. The van der Waals surface area contributed by atoms with Gasteiger partial charge < -0.3 is 20.6 Å². The van der Waals surface area contributed by atoms with Crippen LogP contribution in [0.3, 0.4) is 0 Å². The molecular formula is C23H30N4O3S. The van der Waals surface area contributed by atoms with Gasteiger partial charge in [0.05, 0.1) is 26.5 Å². The van der Waals surface area contributed by atoms with Crippen molar-refractivity contribution in [1.82, 2.24) is 15.0 Å². The predicted molar refractivity (Wildman–Crippen MR) is 122 cm³/mol. The predicted octanol–water partition coefficient (Wildman–Crippen LogP) is 3.99. The van der Waals surface area contributed by atoms with Crippen LogP contribution < -0.4 is 5.32 Å². The number of aryl methyl sites for hydroxylation is 1. The van der Waals surface area contributed by atoms with Crippen molar-refractivity contribution in [1.29, 1.82) is 0 Å². The second-order valence-electron chi connectivity index (χ2n) is 8.95. The van der Waals surface area contributed by atoms with Crippen molar-refractivity contribution >= 4 is 27.2 Å². The summed E-state index contributed by atoms with van der Waals surface area (Å²) < 4.78 is 1.01. The van der Waals surface area contributed by atoms with E-state index in [1.807, 2.05) is 12.1 Å². The van der Waals surface area contributed by atoms with Crippen molar-refractivity contribution in [2.24, 2.45) is 5.92 Å². The molecule has 1 aromatic carbocycles. The van der Waals surface area contributed by atoms with Crippen LogP contribution in [0.15, 0.2) is 24.4 Å². The molecule has 2 aromatic heterocycles. The highest BCUT2D eigenvalue weighted by Crippen LogP contribution is 2.41. The Morgan fingerprint density at radius 2 is 1.94 bits per heavy atom. The maximum absolute atomic E-state index is 10.8. The van der Waals surface area contributed by atoms with Crippen LogP contribution in [0.4, 0.5) is 5.69 Å². The first-order chi connectivity index (χ1) is 14.7. The van der Waals surface area contributed by atoms with Gasteiger partial charge in [-0.3, -0.25) is 0 Å². The molecule has 0 spiro atoms. The largest absolute Gasteiger partial charge is 0.396 e. The van der Waals surface area contributed by atoms with Crippen LogP contribution in [0.1, 0.15) is 73.8 Å². The molecule has 8 heteroatoms. The lowest BCUT2D eigenvalue weighted by atomic mass is 9.83. The SMILES string of the molecule is Cc1nccc(C(O)Nc2cc3sc(C4CCC(CO)CC4)nc3cc2C(C)(C)O)n1. The molecule has 166 valence electrons. The summed E-state index contributed by atoms with van der Waals surface area (Å²) in [5.74, 6) is 1.41. The van der Waals surface area contributed by atoms with E-state index in [0.717, 1.165) is 40.9 Å². The number of hydrogen-bond donors (Lipinski definition) is 4. The summed E-state index contributed by atoms with van der Waals surface area (Å²) in [6.45, 7) is 5.50. The minimum Gasteiger partial charge on any atom is -0.396 e. The van der Waals surface area contributed by atoms with Gasteiger partial charge in [0.25, 0.3) is 0 Å². The van der Waals surface area contributed by atoms with Crippen molar-refractivity contribution in [2.45, 2.75) is 64.2 Å². The van der Waals surface area contributed by atoms with Crippen molar-refractivity contribution in [3.05, 3.63) is 46.5 Å². The van der Waals surface area contributed by atoms with E-state index in [-0.39, 0.29) is 6.61 Å². The van der Waals surface area contributed by atoms with Crippen LogP contribution in [-0.4, -0.2) is 36.9 Å². The topological polar surface area (TPSA) is 111 Å². The molecule has 4 N–H and O–H groups in total. The Bertz CT molecular complexity index is 1050. The summed E-state index contributed by atoms with van der Waals surface area (Å²) >= 11 is 1.67. The van der Waals surface area contributed by atoms with Crippen LogP contribution in [0.5, 0.6) is 0 Å². The Kier molecular flexibility index (Phi) is 6.25. The van der Waals surface area contributed by atoms with Crippen molar-refractivity contribution < 1.29 is 15.3 Å². The monoisotopic (exact) mass is 442 g/mol. The standard InChI is InChI=1S/C23H30N4O3S/c1-13-24-9-8-17(25-13)21(29)26-18-11-20-19(10-16(18)23(2,3)30)27-22(31-20)15-6-4-14(12-28)5-7-15/h8-11,14-15,21,26,28-30H,4-7,12H2,1-3H3. The number of aliphatic hydroxyl groups is 3. The molecule has 0 radical (unpaired) electrons. The third kappa shape index (κ3) is 4.87. The van der Waals surface area contributed by atoms with Crippen LogP contribution in [0.2, 0.25) is 0 Å². The molecular weight excluding hydrogens is 412 g/mol. The molecule has 1 atom stereocenters. The number of nitrogens with zero attached hydrogens (tertiary/aromatic N) is 3. The van der Waals surface area contributed by atoms with Gasteiger partial charge in [-0.1, -0.05) is 0 Å². The van der Waals surface area contributed by atoms with Gasteiger partial charge >= 0.3 is 0 Å². The molecule has 31 heavy (non-hydrogen) atoms. The zero-order valence-corrected chi connectivity index (χ0v) is 19.0. The number of rotatable bonds is 6. The van der Waals surface area contributed by atoms with E-state index in [4.69, 9.17) is 4.98 Å². The summed E-state index contributed by atoms with van der Waals surface area (Å²) in [5, 5.41) is 35.1. The smallest absolute Gasteiger partial charge is 0.168 e. The van der Waals surface area contributed by atoms with Crippen molar-refractivity contribution in [2.75, 3.05) is 11.9 Å². The molecule has 0 aliphatic heterocycles. The molecule has 7 nitrogen and oxygen atoms in total. The van der Waals surface area contributed by atoms with Crippen LogP contribution in [0.25, 0.3) is 10.2 Å². The van der Waals surface area contributed by atoms with Gasteiger partial charge in [-0.2, -0.15) is 0 Å². The maximum Gasteiger partial charge on any atom is 0.168 e. The molecule has 1 fully saturated rings. The first kappa shape index (κ1) is 22.1. The molecule has 4 rings (SSSR count). The summed E-state index contributed by atoms with van der Waals surface area (Å²) in [4.78, 5) is 13.2. The summed E-state index contributed by atoms with van der Waals surface area (Å²) in [6.07, 6.45) is 4.73. The third-order valence-corrected chi connectivity index (χ3v) is 7.21. The molecule has 1 unspecified atom stereocenters. The van der Waals surface area contributed by atoms with Gasteiger partial charge in [0, 0.05) is 30.0 Å². The first-order valence-electron chi connectivity index (χ1n) is 10.8. The highest BCUT2D eigenvalue weighted by atomic mass is 32.1. The van der Waals surface area contributed by atoms with E-state index >= 15 is 0 Å². The quantitative estimate of drug-likeness (QED) is 0.427. The Morgan fingerprint density at radius 3 is 2.58 bits per heavy atom. The summed E-state index contributed by atoms with van der Waals surface area (Å²) in [6, 6.07) is 5.54. The lowest BCUT2D eigenvalue weighted by molar-refractivity contribution is 0.0791. The lowest BCUT2D eigenvalue weighted by Gasteiger charge is -2.25. The number of aliphatic hydroxyl groups excluding tert-OH is 2. The van der Waals surface area contributed by atoms with Gasteiger partial charge in [0.15, 0.2) is 6.23 Å². The van der Waals surface area contributed by atoms with E-state index < -0.39 is 11.8 Å². The van der Waals surface area contributed by atoms with Crippen molar-refractivity contribution in [3.8, 4) is 0 Å². The van der Waals surface area contributed by atoms with Crippen LogP contribution in [-0.2, 0) is 5.60 Å². The van der Waals surface area contributed by atoms with E-state index in [9.17, 15) is 15.3 Å². The lowest BCUT2D eigenvalue weighted by Crippen LogP contribution is -2.20. The normalized spacial score (nSPS) is 20.7. The van der Waals surface area contributed by atoms with Gasteiger partial charge in [0.2, 0.25) is 0 Å². The Morgan fingerprint density at radius 1 is 1.19 bits per heavy atom. The number of thiazole rings is 1. The zero-order chi connectivity index (χ0) is 22.2. The van der Waals surface area contributed by atoms with E-state index in [0.29, 0.717) is 34.6 Å². The Labute approximate surface area is 186 Å². The van der Waals surface area contributed by atoms with Gasteiger partial charge in [0.1, 0.15) is 5.82 Å². The second kappa shape index (κ2) is 8.78. The van der Waals surface area contributed by atoms with E-state index in [1.54, 1.807) is 44.4 Å². The molecule has 0 bridgehead atoms. The highest BCUT2D eigenvalue weighted by molar-refractivity contribution is 7.18. The van der Waals surface area contributed by atoms with Crippen LogP contribution >= 0.6 is 11.3 Å². The maximum atomic E-state index is 10.8. The van der Waals surface area contributed by atoms with Crippen molar-refractivity contribution in [3.63, 3.8) is 0 Å². The third-order valence-electron chi connectivity index (χ3n) is 6.03. The molecule has 0 saturated heterocycles. The molecule has 3 aromatic rings. The first-order valence-corrected chi connectivity index (χ1v) is 11.6. The number of hydrogen-bond acceptors (Lipinski definition) is 8. The second-order valence-corrected chi connectivity index (χ2v) is 10.0. The summed E-state index contributed by atoms with van der Waals surface area (Å²) in [7, 11) is 0. The molecule has 1 saturated carbocycles. The molecule has 1 aliphatic rings. The van der Waals surface area contributed by atoms with Gasteiger partial charge in [-0.05, 0) is 70.6 Å². The highest BCUT2D eigenvalue weighted by Gasteiger charge is 2.27. The Hall–Kier alpha value is -2.13. The summed E-state index contributed by atoms with van der Waals surface area (Å²) in [5.41, 5.74) is 1.55. The molecule has 0 amide bonds. The Balaban J connectivity index is 1.66. The number of fused-ring (bicyclic) bond motifs is 1. The zero-order valence-electron chi connectivity index (χ0n) is 18.2. The fourth-order valence-electron chi connectivity index (χ4n) is 4.23. The van der Waals surface area contributed by atoms with Gasteiger partial charge in [-0.25, -0.2) is 15.0 Å². The fourth-order valence-corrected chi connectivity index (χ4v) is 5.39. The average Bonchev–Trinajstić information content (AvgIpc) is 3.15. The average molecular weight is 443 g/mol. The number of anilines is 1.